The van der Waals surface area contributed by atoms with Crippen molar-refractivity contribution in [1.82, 2.24) is 9.97 Å². The number of aromatic nitrogens is 2. The molecule has 4 heteroatoms. The molecule has 0 aliphatic heterocycles. The van der Waals surface area contributed by atoms with Crippen molar-refractivity contribution in [2.24, 2.45) is 0 Å². The molecule has 0 saturated carbocycles. The van der Waals surface area contributed by atoms with E-state index in [9.17, 15) is 4.79 Å². The van der Waals surface area contributed by atoms with Gasteiger partial charge in [-0.3, -0.25) is 4.79 Å². The van der Waals surface area contributed by atoms with Gasteiger partial charge in [-0.25, -0.2) is 9.97 Å². The lowest BCUT2D eigenvalue weighted by molar-refractivity contribution is -0.134. The number of hydrogen-bond donors (Lipinski definition) is 0. The van der Waals surface area contributed by atoms with Gasteiger partial charge in [-0.1, -0.05) is 75.8 Å². The Morgan fingerprint density at radius 3 is 2.21 bits per heavy atom. The van der Waals surface area contributed by atoms with Crippen molar-refractivity contribution in [3.8, 4) is 17.1 Å². The number of ether oxygens (including phenoxy) is 1. The first-order valence-corrected chi connectivity index (χ1v) is 8.87. The SMILES string of the molecule is CCCCCCCCCC(=O)Oc1cnc(-c2ccccc2)nc1. The first kappa shape index (κ1) is 18.1. The van der Waals surface area contributed by atoms with Crippen molar-refractivity contribution in [2.45, 2.75) is 58.3 Å². The number of hydrogen-bond acceptors (Lipinski definition) is 4. The van der Waals surface area contributed by atoms with Gasteiger partial charge < -0.3 is 4.74 Å². The minimum absolute atomic E-state index is 0.209. The molecule has 0 aliphatic carbocycles. The van der Waals surface area contributed by atoms with Crippen LogP contribution >= 0.6 is 0 Å². The average molecular weight is 326 g/mol. The molecular weight excluding hydrogens is 300 g/mol. The second kappa shape index (κ2) is 10.5. The van der Waals surface area contributed by atoms with E-state index >= 15 is 0 Å². The Balaban J connectivity index is 1.69. The minimum atomic E-state index is -0.209. The Hall–Kier alpha value is -2.23. The molecule has 0 amide bonds. The van der Waals surface area contributed by atoms with Crippen LogP contribution < -0.4 is 4.74 Å². The highest BCUT2D eigenvalue weighted by atomic mass is 16.5. The van der Waals surface area contributed by atoms with Gasteiger partial charge in [0.1, 0.15) is 0 Å². The number of nitrogens with zero attached hydrogens (tertiary/aromatic N) is 2. The van der Waals surface area contributed by atoms with Gasteiger partial charge in [-0.05, 0) is 6.42 Å². The van der Waals surface area contributed by atoms with E-state index in [-0.39, 0.29) is 5.97 Å². The quantitative estimate of drug-likeness (QED) is 0.445. The molecule has 2 aromatic rings. The number of rotatable bonds is 10. The second-order valence-electron chi connectivity index (χ2n) is 5.95. The molecule has 0 saturated heterocycles. The summed E-state index contributed by atoms with van der Waals surface area (Å²) in [6, 6.07) is 9.72. The van der Waals surface area contributed by atoms with E-state index < -0.39 is 0 Å². The molecule has 1 heterocycles. The average Bonchev–Trinajstić information content (AvgIpc) is 2.62. The summed E-state index contributed by atoms with van der Waals surface area (Å²) >= 11 is 0. The van der Waals surface area contributed by atoms with Gasteiger partial charge in [0.25, 0.3) is 0 Å². The molecule has 0 bridgehead atoms. The first-order chi connectivity index (χ1) is 11.8. The zero-order chi connectivity index (χ0) is 17.0. The largest absolute Gasteiger partial charge is 0.423 e. The molecule has 0 aliphatic rings. The van der Waals surface area contributed by atoms with Crippen LogP contribution in [0.2, 0.25) is 0 Å². The number of carbonyl (C=O) groups is 1. The molecule has 0 radical (unpaired) electrons. The molecule has 0 fully saturated rings. The predicted molar refractivity (Wildman–Crippen MR) is 95.7 cm³/mol. The van der Waals surface area contributed by atoms with Crippen molar-refractivity contribution in [3.05, 3.63) is 42.7 Å². The molecule has 0 unspecified atom stereocenters. The van der Waals surface area contributed by atoms with Crippen LogP contribution in [0.1, 0.15) is 58.3 Å². The van der Waals surface area contributed by atoms with Crippen molar-refractivity contribution in [3.63, 3.8) is 0 Å². The van der Waals surface area contributed by atoms with Gasteiger partial charge in [-0.15, -0.1) is 0 Å². The molecule has 0 atom stereocenters. The third-order valence-electron chi connectivity index (χ3n) is 3.88. The lowest BCUT2D eigenvalue weighted by Crippen LogP contribution is -2.08. The maximum absolute atomic E-state index is 11.8. The Kier molecular flexibility index (Phi) is 7.94. The highest BCUT2D eigenvalue weighted by molar-refractivity contribution is 5.72. The third-order valence-corrected chi connectivity index (χ3v) is 3.88. The maximum atomic E-state index is 11.8. The fraction of sp³-hybridized carbons (Fsp3) is 0.450. The highest BCUT2D eigenvalue weighted by Crippen LogP contribution is 2.16. The molecule has 0 spiro atoms. The van der Waals surface area contributed by atoms with E-state index in [0.717, 1.165) is 18.4 Å². The second-order valence-corrected chi connectivity index (χ2v) is 5.95. The molecule has 24 heavy (non-hydrogen) atoms. The lowest BCUT2D eigenvalue weighted by Gasteiger charge is -2.05. The molecule has 1 aromatic carbocycles. The smallest absolute Gasteiger partial charge is 0.311 e. The maximum Gasteiger partial charge on any atom is 0.311 e. The van der Waals surface area contributed by atoms with Crippen LogP contribution in [0.4, 0.5) is 0 Å². The molecule has 0 N–H and O–H groups in total. The fourth-order valence-corrected chi connectivity index (χ4v) is 2.51. The van der Waals surface area contributed by atoms with E-state index in [2.05, 4.69) is 16.9 Å². The number of esters is 1. The van der Waals surface area contributed by atoms with Crippen LogP contribution in [0.15, 0.2) is 42.7 Å². The number of benzene rings is 1. The number of carbonyl (C=O) groups excluding carboxylic acids is 1. The molecular formula is C20H26N2O2. The van der Waals surface area contributed by atoms with E-state index in [4.69, 9.17) is 4.74 Å². The summed E-state index contributed by atoms with van der Waals surface area (Å²) in [6.45, 7) is 2.21. The van der Waals surface area contributed by atoms with Crippen LogP contribution in [0.25, 0.3) is 11.4 Å². The number of unbranched alkanes of at least 4 members (excludes halogenated alkanes) is 6. The van der Waals surface area contributed by atoms with Crippen LogP contribution in [0.3, 0.4) is 0 Å². The van der Waals surface area contributed by atoms with Gasteiger partial charge in [0, 0.05) is 12.0 Å². The highest BCUT2D eigenvalue weighted by Gasteiger charge is 2.06. The van der Waals surface area contributed by atoms with Crippen LogP contribution in [-0.2, 0) is 4.79 Å². The Labute approximate surface area is 144 Å². The molecule has 128 valence electrons. The van der Waals surface area contributed by atoms with Gasteiger partial charge in [0.15, 0.2) is 11.6 Å². The van der Waals surface area contributed by atoms with E-state index in [1.54, 1.807) is 12.4 Å². The zero-order valence-electron chi connectivity index (χ0n) is 14.4. The third kappa shape index (κ3) is 6.49. The summed E-state index contributed by atoms with van der Waals surface area (Å²) in [7, 11) is 0. The summed E-state index contributed by atoms with van der Waals surface area (Å²) < 4.78 is 5.29. The Bertz CT molecular complexity index is 597. The summed E-state index contributed by atoms with van der Waals surface area (Å²) in [5.74, 6) is 0.824. The summed E-state index contributed by atoms with van der Waals surface area (Å²) in [5.41, 5.74) is 0.943. The van der Waals surface area contributed by atoms with Crippen molar-refractivity contribution >= 4 is 5.97 Å². The van der Waals surface area contributed by atoms with E-state index in [0.29, 0.717) is 18.0 Å². The Morgan fingerprint density at radius 1 is 0.917 bits per heavy atom. The topological polar surface area (TPSA) is 52.1 Å². The molecule has 1 aromatic heterocycles. The van der Waals surface area contributed by atoms with Crippen LogP contribution in [-0.4, -0.2) is 15.9 Å². The monoisotopic (exact) mass is 326 g/mol. The molecule has 4 nitrogen and oxygen atoms in total. The van der Waals surface area contributed by atoms with Gasteiger partial charge >= 0.3 is 5.97 Å². The van der Waals surface area contributed by atoms with E-state index in [1.165, 1.54) is 32.1 Å². The van der Waals surface area contributed by atoms with Crippen molar-refractivity contribution in [1.29, 1.82) is 0 Å². The van der Waals surface area contributed by atoms with Crippen LogP contribution in [0.5, 0.6) is 5.75 Å². The van der Waals surface area contributed by atoms with Gasteiger partial charge in [0.2, 0.25) is 0 Å². The Morgan fingerprint density at radius 2 is 1.54 bits per heavy atom. The van der Waals surface area contributed by atoms with Crippen molar-refractivity contribution < 1.29 is 9.53 Å². The normalized spacial score (nSPS) is 10.5. The zero-order valence-corrected chi connectivity index (χ0v) is 14.4. The van der Waals surface area contributed by atoms with Gasteiger partial charge in [-0.2, -0.15) is 0 Å². The fourth-order valence-electron chi connectivity index (χ4n) is 2.51. The summed E-state index contributed by atoms with van der Waals surface area (Å²) in [6.07, 6.45) is 11.9. The summed E-state index contributed by atoms with van der Waals surface area (Å²) in [4.78, 5) is 20.3. The van der Waals surface area contributed by atoms with Crippen molar-refractivity contribution in [2.75, 3.05) is 0 Å². The standard InChI is InChI=1S/C20H26N2O2/c1-2-3-4-5-6-7-11-14-19(23)24-18-15-21-20(22-16-18)17-12-9-8-10-13-17/h8-10,12-13,15-16H,2-7,11,14H2,1H3. The lowest BCUT2D eigenvalue weighted by atomic mass is 10.1. The van der Waals surface area contributed by atoms with E-state index in [1.807, 2.05) is 30.3 Å². The van der Waals surface area contributed by atoms with Crippen LogP contribution in [0, 0.1) is 0 Å². The molecule has 2 rings (SSSR count). The summed E-state index contributed by atoms with van der Waals surface area (Å²) in [5, 5.41) is 0. The minimum Gasteiger partial charge on any atom is -0.423 e. The first-order valence-electron chi connectivity index (χ1n) is 8.87. The van der Waals surface area contributed by atoms with Gasteiger partial charge in [0.05, 0.1) is 12.4 Å². The predicted octanol–water partition coefficient (Wildman–Crippen LogP) is 5.19.